The first kappa shape index (κ1) is 21.2. The van der Waals surface area contributed by atoms with E-state index in [4.69, 9.17) is 4.74 Å². The largest absolute Gasteiger partial charge is 0.379 e. The summed E-state index contributed by atoms with van der Waals surface area (Å²) in [5.41, 5.74) is 3.44. The maximum Gasteiger partial charge on any atom is 0.268 e. The van der Waals surface area contributed by atoms with E-state index in [1.807, 2.05) is 13.8 Å². The Bertz CT molecular complexity index is 870. The van der Waals surface area contributed by atoms with Crippen molar-refractivity contribution in [1.82, 2.24) is 15.2 Å². The zero-order chi connectivity index (χ0) is 21.0. The fourth-order valence-electron chi connectivity index (χ4n) is 4.01. The molecule has 1 amide bonds. The van der Waals surface area contributed by atoms with E-state index in [0.717, 1.165) is 24.2 Å². The van der Waals surface area contributed by atoms with Gasteiger partial charge in [0.2, 0.25) is 0 Å². The molecule has 0 aliphatic carbocycles. The number of nitrogens with one attached hydrogen (secondary N) is 2. The summed E-state index contributed by atoms with van der Waals surface area (Å²) in [6.45, 7) is 8.37. The lowest BCUT2D eigenvalue weighted by molar-refractivity contribution is 0.0162. The second-order valence-corrected chi connectivity index (χ2v) is 7.31. The molecule has 1 aromatic carbocycles. The van der Waals surface area contributed by atoms with Gasteiger partial charge in [-0.25, -0.2) is 4.39 Å². The van der Waals surface area contributed by atoms with E-state index in [9.17, 15) is 14.0 Å². The molecule has 6 nitrogen and oxygen atoms in total. The number of H-pyrrole nitrogens is 1. The van der Waals surface area contributed by atoms with Crippen LogP contribution in [0.25, 0.3) is 0 Å². The second kappa shape index (κ2) is 9.33. The van der Waals surface area contributed by atoms with E-state index in [0.29, 0.717) is 43.1 Å². The number of Topliss-reactive ketones (excluding diaryl/α,β-unsaturated/α-hetero) is 1. The van der Waals surface area contributed by atoms with Gasteiger partial charge in [-0.1, -0.05) is 19.1 Å². The van der Waals surface area contributed by atoms with Crippen LogP contribution in [0.3, 0.4) is 0 Å². The number of aromatic amines is 1. The van der Waals surface area contributed by atoms with Crippen LogP contribution < -0.4 is 5.32 Å². The van der Waals surface area contributed by atoms with Crippen molar-refractivity contribution in [3.63, 3.8) is 0 Å². The van der Waals surface area contributed by atoms with Gasteiger partial charge in [-0.3, -0.25) is 14.5 Å². The molecule has 2 aromatic rings. The topological polar surface area (TPSA) is 74.4 Å². The molecular weight excluding hydrogens is 373 g/mol. The third kappa shape index (κ3) is 4.74. The van der Waals surface area contributed by atoms with Crippen molar-refractivity contribution in [1.29, 1.82) is 0 Å². The van der Waals surface area contributed by atoms with Crippen molar-refractivity contribution in [2.45, 2.75) is 33.2 Å². The number of hydrogen-bond donors (Lipinski definition) is 2. The number of rotatable bonds is 7. The molecule has 1 aliphatic rings. The maximum absolute atomic E-state index is 13.4. The molecule has 7 heteroatoms. The highest BCUT2D eigenvalue weighted by atomic mass is 19.1. The minimum Gasteiger partial charge on any atom is -0.379 e. The smallest absolute Gasteiger partial charge is 0.268 e. The summed E-state index contributed by atoms with van der Waals surface area (Å²) < 4.78 is 18.8. The number of amides is 1. The number of halogens is 1. The summed E-state index contributed by atoms with van der Waals surface area (Å²) in [5, 5.41) is 3.01. The van der Waals surface area contributed by atoms with Gasteiger partial charge in [0, 0.05) is 30.9 Å². The van der Waals surface area contributed by atoms with Gasteiger partial charge >= 0.3 is 0 Å². The molecule has 29 heavy (non-hydrogen) atoms. The lowest BCUT2D eigenvalue weighted by atomic mass is 10.0. The van der Waals surface area contributed by atoms with Gasteiger partial charge in [-0.05, 0) is 43.5 Å². The normalized spacial score (nSPS) is 15.9. The van der Waals surface area contributed by atoms with Gasteiger partial charge < -0.3 is 15.0 Å². The lowest BCUT2D eigenvalue weighted by Crippen LogP contribution is -2.44. The molecule has 1 atom stereocenters. The zero-order valence-corrected chi connectivity index (χ0v) is 17.2. The van der Waals surface area contributed by atoms with E-state index >= 15 is 0 Å². The average molecular weight is 401 g/mol. The summed E-state index contributed by atoms with van der Waals surface area (Å²) in [7, 11) is 0. The first-order chi connectivity index (χ1) is 13.9. The second-order valence-electron chi connectivity index (χ2n) is 7.31. The van der Waals surface area contributed by atoms with Crippen molar-refractivity contribution < 1.29 is 18.7 Å². The SMILES string of the molecule is CCc1c(C(=O)NCC(c2ccc(F)cc2)N2CCOCC2)[nH]c(C)c1C(C)=O. The number of carbonyl (C=O) groups is 2. The van der Waals surface area contributed by atoms with Crippen LogP contribution in [0, 0.1) is 12.7 Å². The minimum absolute atomic E-state index is 0.0489. The summed E-state index contributed by atoms with van der Waals surface area (Å²) in [5.74, 6) is -0.574. The lowest BCUT2D eigenvalue weighted by Gasteiger charge is -2.35. The van der Waals surface area contributed by atoms with Crippen LogP contribution in [0.4, 0.5) is 4.39 Å². The highest BCUT2D eigenvalue weighted by Crippen LogP contribution is 2.23. The molecule has 0 spiro atoms. The monoisotopic (exact) mass is 401 g/mol. The third-order valence-corrected chi connectivity index (χ3v) is 5.42. The fraction of sp³-hybridized carbons (Fsp3) is 0.455. The number of benzene rings is 1. The maximum atomic E-state index is 13.4. The Morgan fingerprint density at radius 2 is 1.90 bits per heavy atom. The highest BCUT2D eigenvalue weighted by molar-refractivity contribution is 6.02. The Kier molecular flexibility index (Phi) is 6.82. The molecule has 1 saturated heterocycles. The number of nitrogens with zero attached hydrogens (tertiary/aromatic N) is 1. The summed E-state index contributed by atoms with van der Waals surface area (Å²) in [4.78, 5) is 30.2. The number of aryl methyl sites for hydroxylation is 1. The van der Waals surface area contributed by atoms with Gasteiger partial charge in [0.05, 0.1) is 19.3 Å². The number of ketones is 1. The number of morpholine rings is 1. The number of ether oxygens (including phenoxy) is 1. The molecule has 3 rings (SSSR count). The zero-order valence-electron chi connectivity index (χ0n) is 17.2. The van der Waals surface area contributed by atoms with Crippen LogP contribution in [0.5, 0.6) is 0 Å². The predicted octanol–water partition coefficient (Wildman–Crippen LogP) is 3.03. The third-order valence-electron chi connectivity index (χ3n) is 5.42. The molecule has 2 N–H and O–H groups in total. The Labute approximate surface area is 170 Å². The molecule has 1 aromatic heterocycles. The molecule has 1 unspecified atom stereocenters. The molecule has 1 aliphatic heterocycles. The molecule has 0 radical (unpaired) electrons. The molecule has 2 heterocycles. The van der Waals surface area contributed by atoms with Gasteiger partial charge in [0.25, 0.3) is 5.91 Å². The summed E-state index contributed by atoms with van der Waals surface area (Å²) in [6, 6.07) is 6.30. The Morgan fingerprint density at radius 1 is 1.24 bits per heavy atom. The van der Waals surface area contributed by atoms with Crippen LogP contribution in [-0.4, -0.2) is 54.4 Å². The van der Waals surface area contributed by atoms with E-state index in [2.05, 4.69) is 15.2 Å². The molecule has 0 bridgehead atoms. The van der Waals surface area contributed by atoms with Gasteiger partial charge in [-0.2, -0.15) is 0 Å². The highest BCUT2D eigenvalue weighted by Gasteiger charge is 2.25. The number of aromatic nitrogens is 1. The minimum atomic E-state index is -0.287. The molecule has 1 fully saturated rings. The van der Waals surface area contributed by atoms with Crippen LogP contribution in [-0.2, 0) is 11.2 Å². The predicted molar refractivity (Wildman–Crippen MR) is 109 cm³/mol. The van der Waals surface area contributed by atoms with E-state index in [1.165, 1.54) is 19.1 Å². The fourth-order valence-corrected chi connectivity index (χ4v) is 4.01. The summed E-state index contributed by atoms with van der Waals surface area (Å²) in [6.07, 6.45) is 0.590. The van der Waals surface area contributed by atoms with Crippen molar-refractivity contribution in [2.75, 3.05) is 32.8 Å². The standard InChI is InChI=1S/C22H28FN3O3/c1-4-18-20(15(3)27)14(2)25-21(18)22(28)24-13-19(26-9-11-29-12-10-26)16-5-7-17(23)8-6-16/h5-8,19,25H,4,9-13H2,1-3H3,(H,24,28). The van der Waals surface area contributed by atoms with Gasteiger partial charge in [-0.15, -0.1) is 0 Å². The Morgan fingerprint density at radius 3 is 2.48 bits per heavy atom. The van der Waals surface area contributed by atoms with Gasteiger partial charge in [0.1, 0.15) is 11.5 Å². The average Bonchev–Trinajstić information content (AvgIpc) is 3.06. The molecule has 156 valence electrons. The quantitative estimate of drug-likeness (QED) is 0.700. The van der Waals surface area contributed by atoms with Crippen LogP contribution in [0.1, 0.15) is 57.6 Å². The Hall–Kier alpha value is -2.51. The van der Waals surface area contributed by atoms with E-state index in [1.54, 1.807) is 12.1 Å². The number of carbonyl (C=O) groups excluding carboxylic acids is 2. The molecule has 0 saturated carbocycles. The van der Waals surface area contributed by atoms with Crippen LogP contribution in [0.15, 0.2) is 24.3 Å². The van der Waals surface area contributed by atoms with Crippen molar-refractivity contribution in [3.8, 4) is 0 Å². The van der Waals surface area contributed by atoms with Crippen molar-refractivity contribution in [3.05, 3.63) is 58.2 Å². The summed E-state index contributed by atoms with van der Waals surface area (Å²) >= 11 is 0. The first-order valence-electron chi connectivity index (χ1n) is 10.00. The Balaban J connectivity index is 1.80. The van der Waals surface area contributed by atoms with E-state index < -0.39 is 0 Å². The van der Waals surface area contributed by atoms with Crippen molar-refractivity contribution in [2.24, 2.45) is 0 Å². The molecular formula is C22H28FN3O3. The number of hydrogen-bond acceptors (Lipinski definition) is 4. The van der Waals surface area contributed by atoms with E-state index in [-0.39, 0.29) is 23.5 Å². The first-order valence-corrected chi connectivity index (χ1v) is 10.00. The van der Waals surface area contributed by atoms with Crippen LogP contribution >= 0.6 is 0 Å². The van der Waals surface area contributed by atoms with Gasteiger partial charge in [0.15, 0.2) is 5.78 Å². The van der Waals surface area contributed by atoms with Crippen molar-refractivity contribution >= 4 is 11.7 Å². The van der Waals surface area contributed by atoms with Crippen LogP contribution in [0.2, 0.25) is 0 Å².